The Balaban J connectivity index is 2.36. The topological polar surface area (TPSA) is 49.8 Å². The van der Waals surface area contributed by atoms with E-state index in [2.05, 4.69) is 0 Å². The molecule has 15 heavy (non-hydrogen) atoms. The van der Waals surface area contributed by atoms with Crippen molar-refractivity contribution >= 4 is 5.91 Å². The second kappa shape index (κ2) is 6.08. The number of carbonyl (C=O) groups is 1. The second-order valence-electron chi connectivity index (χ2n) is 4.26. The Bertz CT molecular complexity index is 206. The fourth-order valence-corrected chi connectivity index (χ4v) is 1.71. The first-order chi connectivity index (χ1) is 7.09. The van der Waals surface area contributed by atoms with Crippen LogP contribution in [0.1, 0.15) is 33.1 Å². The van der Waals surface area contributed by atoms with E-state index in [-0.39, 0.29) is 12.0 Å². The van der Waals surface area contributed by atoms with Gasteiger partial charge < -0.3 is 14.7 Å². The third-order valence-electron chi connectivity index (χ3n) is 2.58. The highest BCUT2D eigenvalue weighted by atomic mass is 16.5. The summed E-state index contributed by atoms with van der Waals surface area (Å²) in [6.45, 7) is 5.89. The minimum atomic E-state index is -0.394. The Hall–Kier alpha value is -0.610. The molecule has 1 aliphatic rings. The normalized spacial score (nSPS) is 24.7. The molecule has 1 amide bonds. The van der Waals surface area contributed by atoms with Crippen molar-refractivity contribution in [2.75, 3.05) is 19.7 Å². The van der Waals surface area contributed by atoms with Crippen LogP contribution < -0.4 is 0 Å². The molecule has 0 bridgehead atoms. The highest BCUT2D eigenvalue weighted by Gasteiger charge is 2.19. The van der Waals surface area contributed by atoms with Crippen molar-refractivity contribution in [3.05, 3.63) is 0 Å². The van der Waals surface area contributed by atoms with Crippen LogP contribution in [0.5, 0.6) is 0 Å². The minimum Gasteiger partial charge on any atom is -0.393 e. The van der Waals surface area contributed by atoms with E-state index in [0.29, 0.717) is 19.4 Å². The molecule has 4 heteroatoms. The zero-order valence-electron chi connectivity index (χ0n) is 9.61. The predicted molar refractivity (Wildman–Crippen MR) is 57.5 cm³/mol. The molecule has 0 aromatic carbocycles. The first-order valence-electron chi connectivity index (χ1n) is 5.67. The Morgan fingerprint density at radius 1 is 1.67 bits per heavy atom. The summed E-state index contributed by atoms with van der Waals surface area (Å²) in [5, 5.41) is 9.11. The van der Waals surface area contributed by atoms with Crippen molar-refractivity contribution in [1.29, 1.82) is 0 Å². The lowest BCUT2D eigenvalue weighted by Gasteiger charge is -2.22. The standard InChI is InChI=1S/C11H21NO3/c1-9(13)4-5-11(14)12-6-3-7-15-10(2)8-12/h9-10,13H,3-8H2,1-2H3. The van der Waals surface area contributed by atoms with Crippen molar-refractivity contribution in [3.8, 4) is 0 Å². The number of ether oxygens (including phenoxy) is 1. The third-order valence-corrected chi connectivity index (χ3v) is 2.58. The summed E-state index contributed by atoms with van der Waals surface area (Å²) in [6.07, 6.45) is 1.62. The molecule has 0 saturated carbocycles. The molecule has 0 aromatic heterocycles. The summed E-state index contributed by atoms with van der Waals surface area (Å²) < 4.78 is 5.47. The molecule has 0 spiro atoms. The van der Waals surface area contributed by atoms with Crippen LogP contribution in [0.2, 0.25) is 0 Å². The molecule has 1 rings (SSSR count). The summed E-state index contributed by atoms with van der Waals surface area (Å²) in [7, 11) is 0. The second-order valence-corrected chi connectivity index (χ2v) is 4.26. The van der Waals surface area contributed by atoms with Crippen LogP contribution in [-0.2, 0) is 9.53 Å². The van der Waals surface area contributed by atoms with Gasteiger partial charge in [-0.15, -0.1) is 0 Å². The molecule has 4 nitrogen and oxygen atoms in total. The van der Waals surface area contributed by atoms with Crippen molar-refractivity contribution < 1.29 is 14.6 Å². The number of aliphatic hydroxyl groups excluding tert-OH is 1. The molecule has 1 saturated heterocycles. The van der Waals surface area contributed by atoms with Gasteiger partial charge in [-0.05, 0) is 26.7 Å². The Morgan fingerprint density at radius 3 is 3.07 bits per heavy atom. The maximum absolute atomic E-state index is 11.8. The molecule has 1 aliphatic heterocycles. The highest BCUT2D eigenvalue weighted by molar-refractivity contribution is 5.76. The van der Waals surface area contributed by atoms with Gasteiger partial charge in [0.2, 0.25) is 5.91 Å². The van der Waals surface area contributed by atoms with Crippen LogP contribution >= 0.6 is 0 Å². The summed E-state index contributed by atoms with van der Waals surface area (Å²) in [4.78, 5) is 13.6. The number of aliphatic hydroxyl groups is 1. The van der Waals surface area contributed by atoms with Gasteiger partial charge in [0.05, 0.1) is 12.2 Å². The fourth-order valence-electron chi connectivity index (χ4n) is 1.71. The van der Waals surface area contributed by atoms with E-state index in [1.54, 1.807) is 6.92 Å². The van der Waals surface area contributed by atoms with E-state index >= 15 is 0 Å². The van der Waals surface area contributed by atoms with E-state index in [4.69, 9.17) is 9.84 Å². The Labute approximate surface area is 91.2 Å². The maximum atomic E-state index is 11.8. The van der Waals surface area contributed by atoms with Gasteiger partial charge in [0.25, 0.3) is 0 Å². The molecule has 0 aromatic rings. The van der Waals surface area contributed by atoms with Gasteiger partial charge in [0, 0.05) is 26.1 Å². The lowest BCUT2D eigenvalue weighted by Crippen LogP contribution is -2.36. The van der Waals surface area contributed by atoms with Gasteiger partial charge in [-0.3, -0.25) is 4.79 Å². The van der Waals surface area contributed by atoms with Crippen LogP contribution in [0.4, 0.5) is 0 Å². The monoisotopic (exact) mass is 215 g/mol. The summed E-state index contributed by atoms with van der Waals surface area (Å²) in [5.74, 6) is 0.133. The predicted octanol–water partition coefficient (Wildman–Crippen LogP) is 0.785. The van der Waals surface area contributed by atoms with E-state index in [9.17, 15) is 4.79 Å². The molecular weight excluding hydrogens is 194 g/mol. The van der Waals surface area contributed by atoms with Gasteiger partial charge in [0.15, 0.2) is 0 Å². The maximum Gasteiger partial charge on any atom is 0.222 e. The fraction of sp³-hybridized carbons (Fsp3) is 0.909. The highest BCUT2D eigenvalue weighted by Crippen LogP contribution is 2.08. The van der Waals surface area contributed by atoms with Gasteiger partial charge in [0.1, 0.15) is 0 Å². The molecule has 88 valence electrons. The van der Waals surface area contributed by atoms with Crippen molar-refractivity contribution in [3.63, 3.8) is 0 Å². The van der Waals surface area contributed by atoms with Crippen molar-refractivity contribution in [2.45, 2.75) is 45.3 Å². The van der Waals surface area contributed by atoms with Crippen molar-refractivity contribution in [1.82, 2.24) is 4.90 Å². The van der Waals surface area contributed by atoms with Crippen molar-refractivity contribution in [2.24, 2.45) is 0 Å². The largest absolute Gasteiger partial charge is 0.393 e. The van der Waals surface area contributed by atoms with Gasteiger partial charge >= 0.3 is 0 Å². The van der Waals surface area contributed by atoms with Crippen LogP contribution in [0.25, 0.3) is 0 Å². The Kier molecular flexibility index (Phi) is 5.05. The lowest BCUT2D eigenvalue weighted by molar-refractivity contribution is -0.132. The molecule has 1 heterocycles. The van der Waals surface area contributed by atoms with Crippen LogP contribution in [0.15, 0.2) is 0 Å². The summed E-state index contributed by atoms with van der Waals surface area (Å²) >= 11 is 0. The first-order valence-corrected chi connectivity index (χ1v) is 5.67. The average molecular weight is 215 g/mol. The van der Waals surface area contributed by atoms with E-state index < -0.39 is 6.10 Å². The van der Waals surface area contributed by atoms with Gasteiger partial charge in [-0.2, -0.15) is 0 Å². The third kappa shape index (κ3) is 4.62. The van der Waals surface area contributed by atoms with Crippen LogP contribution in [0, 0.1) is 0 Å². The SMILES string of the molecule is CC(O)CCC(=O)N1CCCOC(C)C1. The minimum absolute atomic E-state index is 0.128. The Morgan fingerprint density at radius 2 is 2.40 bits per heavy atom. The molecule has 0 aliphatic carbocycles. The van der Waals surface area contributed by atoms with Crippen LogP contribution in [-0.4, -0.2) is 47.8 Å². The van der Waals surface area contributed by atoms with Gasteiger partial charge in [-0.25, -0.2) is 0 Å². The van der Waals surface area contributed by atoms with E-state index in [1.807, 2.05) is 11.8 Å². The summed E-state index contributed by atoms with van der Waals surface area (Å²) in [5.41, 5.74) is 0. The zero-order valence-corrected chi connectivity index (χ0v) is 9.61. The van der Waals surface area contributed by atoms with Gasteiger partial charge in [-0.1, -0.05) is 0 Å². The van der Waals surface area contributed by atoms with E-state index in [0.717, 1.165) is 19.6 Å². The number of hydrogen-bond donors (Lipinski definition) is 1. The smallest absolute Gasteiger partial charge is 0.222 e. The van der Waals surface area contributed by atoms with Crippen LogP contribution in [0.3, 0.4) is 0 Å². The number of hydrogen-bond acceptors (Lipinski definition) is 3. The molecule has 1 N–H and O–H groups in total. The number of nitrogens with zero attached hydrogens (tertiary/aromatic N) is 1. The molecule has 2 atom stereocenters. The number of carbonyl (C=O) groups excluding carboxylic acids is 1. The zero-order chi connectivity index (χ0) is 11.3. The number of amides is 1. The molecular formula is C11H21NO3. The molecule has 2 unspecified atom stereocenters. The lowest BCUT2D eigenvalue weighted by atomic mass is 10.2. The first kappa shape index (κ1) is 12.5. The summed E-state index contributed by atoms with van der Waals surface area (Å²) in [6, 6.07) is 0. The molecule has 1 fully saturated rings. The quantitative estimate of drug-likeness (QED) is 0.757. The van der Waals surface area contributed by atoms with E-state index in [1.165, 1.54) is 0 Å². The average Bonchev–Trinajstić information content (AvgIpc) is 2.39. The number of rotatable bonds is 3. The molecule has 0 radical (unpaired) electrons.